The van der Waals surface area contributed by atoms with Crippen LogP contribution < -0.4 is 14.8 Å². The van der Waals surface area contributed by atoms with E-state index in [0.29, 0.717) is 22.8 Å². The number of carbonyl (C=O) groups is 1. The van der Waals surface area contributed by atoms with Crippen LogP contribution in [0.25, 0.3) is 0 Å². The largest absolute Gasteiger partial charge is 0.481 e. The summed E-state index contributed by atoms with van der Waals surface area (Å²) < 4.78 is 33.6. The first kappa shape index (κ1) is 20.4. The summed E-state index contributed by atoms with van der Waals surface area (Å²) in [7, 11) is -0.232. The average molecular weight is 407 g/mol. The summed E-state index contributed by atoms with van der Waals surface area (Å²) in [4.78, 5) is 17.3. The normalized spacial score (nSPS) is 25.6. The molecular formula is C20H26N2O5S. The fourth-order valence-corrected chi connectivity index (χ4v) is 4.72. The second-order valence-corrected chi connectivity index (χ2v) is 9.86. The van der Waals surface area contributed by atoms with Crippen molar-refractivity contribution < 1.29 is 22.7 Å². The molecule has 0 aromatic carbocycles. The van der Waals surface area contributed by atoms with E-state index < -0.39 is 9.84 Å². The van der Waals surface area contributed by atoms with E-state index in [-0.39, 0.29) is 35.1 Å². The molecule has 0 saturated heterocycles. The van der Waals surface area contributed by atoms with Gasteiger partial charge in [0.25, 0.3) is 5.91 Å². The number of nitrogens with one attached hydrogen (secondary N) is 1. The van der Waals surface area contributed by atoms with Crippen molar-refractivity contribution in [1.29, 1.82) is 0 Å². The third-order valence-corrected chi connectivity index (χ3v) is 6.83. The van der Waals surface area contributed by atoms with Gasteiger partial charge in [-0.3, -0.25) is 4.79 Å². The maximum Gasteiger partial charge on any atom is 0.257 e. The SMILES string of the molecule is COc1ccc(C(=O)N[C@H]2[C@H](C3C=CC(S(C)(=O)=O)=CC3)C2(C)C)c(OC)n1. The summed E-state index contributed by atoms with van der Waals surface area (Å²) in [6, 6.07) is 3.23. The number of nitrogens with zero attached hydrogens (tertiary/aromatic N) is 1. The Balaban J connectivity index is 1.72. The van der Waals surface area contributed by atoms with Crippen molar-refractivity contribution in [1.82, 2.24) is 10.3 Å². The molecule has 1 fully saturated rings. The van der Waals surface area contributed by atoms with Crippen LogP contribution >= 0.6 is 0 Å². The van der Waals surface area contributed by atoms with Gasteiger partial charge in [-0.1, -0.05) is 26.0 Å². The smallest absolute Gasteiger partial charge is 0.257 e. The molecule has 1 N–H and O–H groups in total. The summed E-state index contributed by atoms with van der Waals surface area (Å²) >= 11 is 0. The van der Waals surface area contributed by atoms with E-state index in [9.17, 15) is 13.2 Å². The van der Waals surface area contributed by atoms with Crippen LogP contribution in [-0.2, 0) is 9.84 Å². The molecule has 0 radical (unpaired) electrons. The van der Waals surface area contributed by atoms with E-state index in [0.717, 1.165) is 0 Å². The van der Waals surface area contributed by atoms with Crippen LogP contribution in [-0.4, -0.2) is 45.8 Å². The van der Waals surface area contributed by atoms with Gasteiger partial charge in [0.05, 0.1) is 19.1 Å². The second-order valence-electron chi connectivity index (χ2n) is 7.85. The van der Waals surface area contributed by atoms with E-state index in [1.54, 1.807) is 24.3 Å². The monoisotopic (exact) mass is 406 g/mol. The lowest BCUT2D eigenvalue weighted by atomic mass is 9.91. The van der Waals surface area contributed by atoms with Crippen LogP contribution in [0.4, 0.5) is 0 Å². The summed E-state index contributed by atoms with van der Waals surface area (Å²) in [5.74, 6) is 0.743. The summed E-state index contributed by atoms with van der Waals surface area (Å²) in [6.45, 7) is 4.21. The van der Waals surface area contributed by atoms with Gasteiger partial charge in [-0.15, -0.1) is 0 Å². The lowest BCUT2D eigenvalue weighted by molar-refractivity contribution is 0.0940. The maximum absolute atomic E-state index is 12.8. The molecule has 1 unspecified atom stereocenters. The molecule has 1 aromatic heterocycles. The minimum absolute atomic E-state index is 0.0189. The van der Waals surface area contributed by atoms with Crippen molar-refractivity contribution in [3.8, 4) is 11.8 Å². The molecule has 3 atom stereocenters. The van der Waals surface area contributed by atoms with Crippen molar-refractivity contribution in [2.45, 2.75) is 26.3 Å². The second kappa shape index (κ2) is 7.24. The number of pyridine rings is 1. The molecule has 1 aromatic rings. The molecule has 2 aliphatic carbocycles. The third kappa shape index (κ3) is 3.78. The first-order valence-electron chi connectivity index (χ1n) is 9.08. The summed E-state index contributed by atoms with van der Waals surface area (Å²) in [5.41, 5.74) is 0.261. The molecule has 28 heavy (non-hydrogen) atoms. The van der Waals surface area contributed by atoms with Gasteiger partial charge < -0.3 is 14.8 Å². The summed E-state index contributed by atoms with van der Waals surface area (Å²) in [5, 5.41) is 3.09. The van der Waals surface area contributed by atoms with E-state index in [1.807, 2.05) is 6.08 Å². The molecule has 1 amide bonds. The highest BCUT2D eigenvalue weighted by molar-refractivity contribution is 7.94. The number of hydrogen-bond acceptors (Lipinski definition) is 6. The molecule has 1 heterocycles. The van der Waals surface area contributed by atoms with Gasteiger partial charge >= 0.3 is 0 Å². The molecule has 3 rings (SSSR count). The molecule has 1 saturated carbocycles. The van der Waals surface area contributed by atoms with Crippen molar-refractivity contribution in [3.63, 3.8) is 0 Å². The van der Waals surface area contributed by atoms with Gasteiger partial charge in [0.2, 0.25) is 11.8 Å². The zero-order valence-electron chi connectivity index (χ0n) is 16.7. The Hall–Kier alpha value is -2.35. The average Bonchev–Trinajstić information content (AvgIpc) is 3.20. The Kier molecular flexibility index (Phi) is 5.27. The van der Waals surface area contributed by atoms with Gasteiger partial charge in [-0.25, -0.2) is 8.42 Å². The fourth-order valence-electron chi connectivity index (χ4n) is 4.00. The van der Waals surface area contributed by atoms with E-state index >= 15 is 0 Å². The lowest BCUT2D eigenvalue weighted by Gasteiger charge is -2.17. The number of hydrogen-bond donors (Lipinski definition) is 1. The Bertz CT molecular complexity index is 949. The van der Waals surface area contributed by atoms with E-state index in [1.165, 1.54) is 20.5 Å². The molecule has 0 spiro atoms. The topological polar surface area (TPSA) is 94.6 Å². The molecule has 0 aliphatic heterocycles. The van der Waals surface area contributed by atoms with Gasteiger partial charge in [0.1, 0.15) is 5.56 Å². The van der Waals surface area contributed by atoms with Gasteiger partial charge in [0, 0.05) is 18.4 Å². The Morgan fingerprint density at radius 1 is 1.25 bits per heavy atom. The maximum atomic E-state index is 12.8. The van der Waals surface area contributed by atoms with Crippen LogP contribution in [0.2, 0.25) is 0 Å². The van der Waals surface area contributed by atoms with Crippen LogP contribution in [0.1, 0.15) is 30.6 Å². The number of amides is 1. The first-order chi connectivity index (χ1) is 13.1. The Morgan fingerprint density at radius 3 is 2.50 bits per heavy atom. The van der Waals surface area contributed by atoms with Crippen molar-refractivity contribution in [3.05, 3.63) is 40.8 Å². The third-order valence-electron chi connectivity index (χ3n) is 5.67. The number of ether oxygens (including phenoxy) is 2. The van der Waals surface area contributed by atoms with Crippen molar-refractivity contribution in [2.75, 3.05) is 20.5 Å². The number of allylic oxidation sites excluding steroid dienone is 3. The van der Waals surface area contributed by atoms with Crippen LogP contribution in [0, 0.1) is 17.3 Å². The number of methoxy groups -OCH3 is 2. The Morgan fingerprint density at radius 2 is 1.96 bits per heavy atom. The Labute approximate surface area is 165 Å². The fraction of sp³-hybridized carbons (Fsp3) is 0.500. The van der Waals surface area contributed by atoms with Gasteiger partial charge in [0.15, 0.2) is 9.84 Å². The van der Waals surface area contributed by atoms with Crippen molar-refractivity contribution in [2.24, 2.45) is 17.3 Å². The molecule has 0 bridgehead atoms. The number of aromatic nitrogens is 1. The van der Waals surface area contributed by atoms with Gasteiger partial charge in [-0.05, 0) is 35.8 Å². The predicted molar refractivity (Wildman–Crippen MR) is 106 cm³/mol. The molecular weight excluding hydrogens is 380 g/mol. The number of rotatable bonds is 6. The standard InChI is InChI=1S/C20H26N2O5S/c1-20(2)16(12-6-8-13(9-7-12)28(5,24)25)17(20)22-18(23)14-10-11-15(26-3)21-19(14)27-4/h6,8-12,16-17H,7H2,1-5H3,(H,22,23)/t12?,16-,17-/m0/s1. The van der Waals surface area contributed by atoms with Gasteiger partial charge in [-0.2, -0.15) is 4.98 Å². The number of carbonyl (C=O) groups excluding carboxylic acids is 1. The lowest BCUT2D eigenvalue weighted by Crippen LogP contribution is -2.30. The van der Waals surface area contributed by atoms with Crippen LogP contribution in [0.3, 0.4) is 0 Å². The molecule has 7 nitrogen and oxygen atoms in total. The van der Waals surface area contributed by atoms with E-state index in [4.69, 9.17) is 9.47 Å². The highest BCUT2D eigenvalue weighted by Crippen LogP contribution is 2.57. The minimum Gasteiger partial charge on any atom is -0.481 e. The first-order valence-corrected chi connectivity index (χ1v) is 11.0. The highest BCUT2D eigenvalue weighted by Gasteiger charge is 2.61. The van der Waals surface area contributed by atoms with E-state index in [2.05, 4.69) is 24.1 Å². The minimum atomic E-state index is -3.19. The quantitative estimate of drug-likeness (QED) is 0.779. The van der Waals surface area contributed by atoms with Crippen LogP contribution in [0.15, 0.2) is 35.3 Å². The van der Waals surface area contributed by atoms with Crippen molar-refractivity contribution >= 4 is 15.7 Å². The zero-order valence-corrected chi connectivity index (χ0v) is 17.5. The summed E-state index contributed by atoms with van der Waals surface area (Å²) in [6.07, 6.45) is 7.25. The number of sulfone groups is 1. The predicted octanol–water partition coefficient (Wildman–Crippen LogP) is 2.36. The molecule has 2 aliphatic rings. The molecule has 8 heteroatoms. The zero-order chi connectivity index (χ0) is 20.7. The molecule has 152 valence electrons. The van der Waals surface area contributed by atoms with Crippen LogP contribution in [0.5, 0.6) is 11.8 Å². The highest BCUT2D eigenvalue weighted by atomic mass is 32.2.